The maximum atomic E-state index is 13.0. The van der Waals surface area contributed by atoms with Crippen molar-refractivity contribution in [3.05, 3.63) is 81.2 Å². The fourth-order valence-electron chi connectivity index (χ4n) is 3.15. The largest absolute Gasteiger partial charge is 0.466 e. The van der Waals surface area contributed by atoms with Crippen molar-refractivity contribution >= 4 is 45.3 Å². The maximum Gasteiger partial charge on any atom is 0.416 e. The smallest absolute Gasteiger partial charge is 0.416 e. The number of carbonyl (C=O) groups excluding carboxylic acids is 2. The minimum Gasteiger partial charge on any atom is -0.466 e. The first-order valence-corrected chi connectivity index (χ1v) is 10.4. The van der Waals surface area contributed by atoms with Gasteiger partial charge in [-0.05, 0) is 65.4 Å². The third-order valence-electron chi connectivity index (χ3n) is 4.94. The second-order valence-electron chi connectivity index (χ2n) is 6.97. The summed E-state index contributed by atoms with van der Waals surface area (Å²) in [5.74, 6) is -0.770. The SMILES string of the molecule is COC(=O)C=Cc1ccc(C(=O)C=Cc2sc3cc(C(F)(F)F)ccc3c2C)cc1CN. The standard InChI is InChI=1S/C24H20F3NO3S/c1-14-19-7-6-18(24(25,26)27)12-22(19)32-21(14)9-8-20(29)16-4-3-15(17(11-16)13-28)5-10-23(30)31-2/h3-12H,13,28H2,1-2H3. The van der Waals surface area contributed by atoms with Gasteiger partial charge in [0.05, 0.1) is 12.7 Å². The number of benzene rings is 2. The number of thiophene rings is 1. The fourth-order valence-corrected chi connectivity index (χ4v) is 4.30. The molecule has 1 heterocycles. The average molecular weight is 459 g/mol. The van der Waals surface area contributed by atoms with Crippen LogP contribution in [0.1, 0.15) is 37.5 Å². The number of carbonyl (C=O) groups is 2. The number of methoxy groups -OCH3 is 1. The van der Waals surface area contributed by atoms with Gasteiger partial charge in [0.15, 0.2) is 5.78 Å². The molecule has 0 amide bonds. The van der Waals surface area contributed by atoms with Crippen molar-refractivity contribution < 1.29 is 27.5 Å². The molecule has 3 aromatic rings. The Morgan fingerprint density at radius 3 is 2.50 bits per heavy atom. The van der Waals surface area contributed by atoms with E-state index in [9.17, 15) is 22.8 Å². The highest BCUT2D eigenvalue weighted by molar-refractivity contribution is 7.20. The van der Waals surface area contributed by atoms with Crippen LogP contribution in [0.25, 0.3) is 22.2 Å². The van der Waals surface area contributed by atoms with E-state index in [2.05, 4.69) is 4.74 Å². The van der Waals surface area contributed by atoms with Crippen LogP contribution >= 0.6 is 11.3 Å². The number of halogens is 3. The Hall–Kier alpha value is -3.23. The van der Waals surface area contributed by atoms with Gasteiger partial charge >= 0.3 is 12.1 Å². The molecule has 0 saturated heterocycles. The monoisotopic (exact) mass is 459 g/mol. The highest BCUT2D eigenvalue weighted by Gasteiger charge is 2.30. The molecule has 0 aliphatic rings. The van der Waals surface area contributed by atoms with Crippen LogP contribution in [-0.4, -0.2) is 18.9 Å². The van der Waals surface area contributed by atoms with Crippen molar-refractivity contribution in [1.29, 1.82) is 0 Å². The van der Waals surface area contributed by atoms with Crippen LogP contribution in [0.5, 0.6) is 0 Å². The molecule has 4 nitrogen and oxygen atoms in total. The molecule has 8 heteroatoms. The molecule has 0 aliphatic carbocycles. The van der Waals surface area contributed by atoms with Crippen LogP contribution in [0.15, 0.2) is 48.6 Å². The number of ether oxygens (including phenoxy) is 1. The van der Waals surface area contributed by atoms with Crippen molar-refractivity contribution in [3.63, 3.8) is 0 Å². The number of ketones is 1. The van der Waals surface area contributed by atoms with Crippen LogP contribution in [0.2, 0.25) is 0 Å². The average Bonchev–Trinajstić information content (AvgIpc) is 3.09. The van der Waals surface area contributed by atoms with Gasteiger partial charge in [0, 0.05) is 27.8 Å². The molecular formula is C24H20F3NO3S. The first-order valence-electron chi connectivity index (χ1n) is 9.56. The fraction of sp³-hybridized carbons (Fsp3) is 0.167. The van der Waals surface area contributed by atoms with Crippen LogP contribution in [0.3, 0.4) is 0 Å². The minimum absolute atomic E-state index is 0.169. The molecule has 0 fully saturated rings. The molecule has 0 radical (unpaired) electrons. The molecule has 0 bridgehead atoms. The number of hydrogen-bond donors (Lipinski definition) is 1. The first-order chi connectivity index (χ1) is 15.1. The molecule has 2 aromatic carbocycles. The second kappa shape index (κ2) is 9.50. The summed E-state index contributed by atoms with van der Waals surface area (Å²) in [5.41, 5.74) is 7.67. The molecule has 3 rings (SSSR count). The molecule has 166 valence electrons. The molecule has 1 aromatic heterocycles. The van der Waals surface area contributed by atoms with Gasteiger partial charge in [-0.2, -0.15) is 13.2 Å². The van der Waals surface area contributed by atoms with Gasteiger partial charge in [0.1, 0.15) is 0 Å². The second-order valence-corrected chi connectivity index (χ2v) is 8.06. The van der Waals surface area contributed by atoms with Crippen molar-refractivity contribution in [2.45, 2.75) is 19.6 Å². The van der Waals surface area contributed by atoms with E-state index >= 15 is 0 Å². The van der Waals surface area contributed by atoms with Gasteiger partial charge in [-0.3, -0.25) is 4.79 Å². The number of alkyl halides is 3. The van der Waals surface area contributed by atoms with Gasteiger partial charge in [0.25, 0.3) is 0 Å². The summed E-state index contributed by atoms with van der Waals surface area (Å²) in [4.78, 5) is 24.7. The zero-order chi connectivity index (χ0) is 23.5. The number of allylic oxidation sites excluding steroid dienone is 1. The number of fused-ring (bicyclic) bond motifs is 1. The van der Waals surface area contributed by atoms with Crippen molar-refractivity contribution in [1.82, 2.24) is 0 Å². The number of hydrogen-bond acceptors (Lipinski definition) is 5. The zero-order valence-corrected chi connectivity index (χ0v) is 18.1. The normalized spacial score (nSPS) is 12.2. The summed E-state index contributed by atoms with van der Waals surface area (Å²) in [6, 6.07) is 8.60. The lowest BCUT2D eigenvalue weighted by Crippen LogP contribution is -2.03. The molecule has 32 heavy (non-hydrogen) atoms. The van der Waals surface area contributed by atoms with E-state index in [1.807, 2.05) is 6.92 Å². The van der Waals surface area contributed by atoms with Crippen molar-refractivity contribution in [2.75, 3.05) is 7.11 Å². The molecule has 0 unspecified atom stereocenters. The van der Waals surface area contributed by atoms with Gasteiger partial charge in [0.2, 0.25) is 0 Å². The number of nitrogens with two attached hydrogens (primary N) is 1. The maximum absolute atomic E-state index is 13.0. The van der Waals surface area contributed by atoms with Crippen LogP contribution in [-0.2, 0) is 22.3 Å². The predicted molar refractivity (Wildman–Crippen MR) is 120 cm³/mol. The third-order valence-corrected chi connectivity index (χ3v) is 6.16. The Bertz CT molecular complexity index is 1240. The molecule has 0 aliphatic heterocycles. The number of esters is 1. The minimum atomic E-state index is -4.41. The zero-order valence-electron chi connectivity index (χ0n) is 17.3. The Kier molecular flexibility index (Phi) is 6.96. The number of aryl methyl sites for hydroxylation is 1. The van der Waals surface area contributed by atoms with Crippen LogP contribution in [0.4, 0.5) is 13.2 Å². The topological polar surface area (TPSA) is 69.4 Å². The van der Waals surface area contributed by atoms with Gasteiger partial charge < -0.3 is 10.5 Å². The molecule has 0 saturated carbocycles. The summed E-state index contributed by atoms with van der Waals surface area (Å²) < 4.78 is 44.0. The van der Waals surface area contributed by atoms with E-state index in [4.69, 9.17) is 5.73 Å². The Labute approximate surface area is 186 Å². The highest BCUT2D eigenvalue weighted by atomic mass is 32.1. The van der Waals surface area contributed by atoms with E-state index in [0.717, 1.165) is 23.1 Å². The summed E-state index contributed by atoms with van der Waals surface area (Å²) in [6.45, 7) is 1.98. The third kappa shape index (κ3) is 5.15. The summed E-state index contributed by atoms with van der Waals surface area (Å²) >= 11 is 1.20. The molecule has 2 N–H and O–H groups in total. The lowest BCUT2D eigenvalue weighted by molar-refractivity contribution is -0.137. The van der Waals surface area contributed by atoms with E-state index in [1.54, 1.807) is 30.4 Å². The lowest BCUT2D eigenvalue weighted by atomic mass is 10.0. The Morgan fingerprint density at radius 1 is 1.09 bits per heavy atom. The van der Waals surface area contributed by atoms with E-state index in [0.29, 0.717) is 26.3 Å². The van der Waals surface area contributed by atoms with E-state index in [1.165, 1.54) is 36.7 Å². The Morgan fingerprint density at radius 2 is 1.84 bits per heavy atom. The lowest BCUT2D eigenvalue weighted by Gasteiger charge is -2.06. The molecule has 0 atom stereocenters. The van der Waals surface area contributed by atoms with Gasteiger partial charge in [-0.25, -0.2) is 4.79 Å². The molecular weight excluding hydrogens is 439 g/mol. The highest BCUT2D eigenvalue weighted by Crippen LogP contribution is 2.37. The number of rotatable bonds is 6. The Balaban J connectivity index is 1.86. The van der Waals surface area contributed by atoms with Crippen molar-refractivity contribution in [3.8, 4) is 0 Å². The van der Waals surface area contributed by atoms with Crippen LogP contribution in [0, 0.1) is 6.92 Å². The summed E-state index contributed by atoms with van der Waals surface area (Å²) in [5, 5.41) is 0.724. The molecule has 0 spiro atoms. The van der Waals surface area contributed by atoms with Gasteiger partial charge in [-0.1, -0.05) is 18.2 Å². The summed E-state index contributed by atoms with van der Waals surface area (Å²) in [6.07, 6.45) is 1.43. The van der Waals surface area contributed by atoms with Gasteiger partial charge in [-0.15, -0.1) is 11.3 Å². The quantitative estimate of drug-likeness (QED) is 0.289. The summed E-state index contributed by atoms with van der Waals surface area (Å²) in [7, 11) is 1.28. The van der Waals surface area contributed by atoms with E-state index in [-0.39, 0.29) is 12.3 Å². The predicted octanol–water partition coefficient (Wildman–Crippen LogP) is 5.77. The van der Waals surface area contributed by atoms with E-state index < -0.39 is 17.7 Å². The first kappa shape index (κ1) is 23.4. The van der Waals surface area contributed by atoms with Crippen LogP contribution < -0.4 is 5.73 Å². The van der Waals surface area contributed by atoms with Crippen molar-refractivity contribution in [2.24, 2.45) is 5.73 Å².